The molecule has 0 aromatic heterocycles. The van der Waals surface area contributed by atoms with Crippen molar-refractivity contribution in [2.45, 2.75) is 18.8 Å². The first kappa shape index (κ1) is 22.9. The van der Waals surface area contributed by atoms with Crippen molar-refractivity contribution in [1.29, 1.82) is 0 Å². The Morgan fingerprint density at radius 3 is 1.84 bits per heavy atom. The van der Waals surface area contributed by atoms with Crippen LogP contribution < -0.4 is 10.2 Å². The van der Waals surface area contributed by atoms with Crippen molar-refractivity contribution in [1.82, 2.24) is 0 Å². The molecule has 0 radical (unpaired) electrons. The largest absolute Gasteiger partial charge is 0.322 e. The molecular formula is C32H23ClN2O3. The van der Waals surface area contributed by atoms with Crippen LogP contribution in [0.3, 0.4) is 0 Å². The van der Waals surface area contributed by atoms with E-state index in [1.807, 2.05) is 37.3 Å². The highest BCUT2D eigenvalue weighted by Crippen LogP contribution is 2.61. The number of nitrogens with zero attached hydrogens (tertiary/aromatic N) is 1. The van der Waals surface area contributed by atoms with Gasteiger partial charge in [-0.3, -0.25) is 14.4 Å². The van der Waals surface area contributed by atoms with Crippen LogP contribution in [0.4, 0.5) is 11.4 Å². The van der Waals surface area contributed by atoms with E-state index in [4.69, 9.17) is 11.6 Å². The van der Waals surface area contributed by atoms with Crippen molar-refractivity contribution in [2.75, 3.05) is 10.2 Å². The third kappa shape index (κ3) is 3.21. The average molecular weight is 519 g/mol. The Kier molecular flexibility index (Phi) is 5.07. The summed E-state index contributed by atoms with van der Waals surface area (Å²) in [5, 5.41) is 3.41. The standard InChI is InChI=1S/C32H23ClN2O3/c1-17-13-14-19(33)16-25(17)34-30(36)18-7-6-8-20(15-18)35-31(37)28-26-21-9-2-3-10-22(21)27(29(28)32(35)38)24-12-5-4-11-23(24)26/h2-16,26-29H,1H3,(H,34,36)/t26?,27?,28-,29-/m0/s1. The second-order valence-electron chi connectivity index (χ2n) is 10.2. The lowest BCUT2D eigenvalue weighted by atomic mass is 9.55. The van der Waals surface area contributed by atoms with E-state index in [0.29, 0.717) is 22.0 Å². The molecule has 1 aliphatic heterocycles. The Labute approximate surface area is 225 Å². The molecule has 38 heavy (non-hydrogen) atoms. The number of hydrogen-bond donors (Lipinski definition) is 1. The van der Waals surface area contributed by atoms with Crippen molar-refractivity contribution in [3.8, 4) is 0 Å². The van der Waals surface area contributed by atoms with Crippen LogP contribution in [0.15, 0.2) is 91.0 Å². The van der Waals surface area contributed by atoms with Gasteiger partial charge in [0.2, 0.25) is 11.8 Å². The summed E-state index contributed by atoms with van der Waals surface area (Å²) in [6.07, 6.45) is 0. The fourth-order valence-electron chi connectivity index (χ4n) is 6.64. The molecule has 1 heterocycles. The van der Waals surface area contributed by atoms with Crippen LogP contribution in [0.1, 0.15) is 50.0 Å². The van der Waals surface area contributed by atoms with Gasteiger partial charge in [0.05, 0.1) is 17.5 Å². The van der Waals surface area contributed by atoms with Crippen molar-refractivity contribution < 1.29 is 14.4 Å². The highest BCUT2D eigenvalue weighted by Gasteiger charge is 2.61. The summed E-state index contributed by atoms with van der Waals surface area (Å²) in [4.78, 5) is 42.4. The SMILES string of the molecule is Cc1ccc(Cl)cc1NC(=O)c1cccc(N2C(=O)[C@H]3C4c5ccccc5C(c5ccccc54)[C@@H]3C2=O)c1. The van der Waals surface area contributed by atoms with Crippen molar-refractivity contribution in [2.24, 2.45) is 11.8 Å². The summed E-state index contributed by atoms with van der Waals surface area (Å²) >= 11 is 6.11. The van der Waals surface area contributed by atoms with Crippen LogP contribution >= 0.6 is 11.6 Å². The maximum atomic E-state index is 14.0. The lowest BCUT2D eigenvalue weighted by Gasteiger charge is -2.45. The van der Waals surface area contributed by atoms with Crippen LogP contribution in [-0.2, 0) is 9.59 Å². The third-order valence-corrected chi connectivity index (χ3v) is 8.50. The zero-order valence-corrected chi connectivity index (χ0v) is 21.3. The highest BCUT2D eigenvalue weighted by atomic mass is 35.5. The summed E-state index contributed by atoms with van der Waals surface area (Å²) in [6.45, 7) is 1.88. The predicted molar refractivity (Wildman–Crippen MR) is 147 cm³/mol. The van der Waals surface area contributed by atoms with Gasteiger partial charge in [0.25, 0.3) is 5.91 Å². The maximum absolute atomic E-state index is 14.0. The van der Waals surface area contributed by atoms with Crippen LogP contribution in [0, 0.1) is 18.8 Å². The number of anilines is 2. The zero-order valence-electron chi connectivity index (χ0n) is 20.5. The van der Waals surface area contributed by atoms with Crippen LogP contribution in [0.5, 0.6) is 0 Å². The molecule has 0 spiro atoms. The van der Waals surface area contributed by atoms with Gasteiger partial charge in [-0.15, -0.1) is 0 Å². The molecule has 0 unspecified atom stereocenters. The molecule has 5 nitrogen and oxygen atoms in total. The molecule has 1 fully saturated rings. The first-order chi connectivity index (χ1) is 18.4. The molecule has 1 saturated heterocycles. The summed E-state index contributed by atoms with van der Waals surface area (Å²) in [7, 11) is 0. The Balaban J connectivity index is 1.26. The van der Waals surface area contributed by atoms with E-state index in [1.165, 1.54) is 4.90 Å². The lowest BCUT2D eigenvalue weighted by Crippen LogP contribution is -2.41. The van der Waals surface area contributed by atoms with Gasteiger partial charge in [-0.25, -0.2) is 4.90 Å². The highest BCUT2D eigenvalue weighted by molar-refractivity contribution is 6.31. The van der Waals surface area contributed by atoms with E-state index in [0.717, 1.165) is 27.8 Å². The number of aryl methyl sites for hydroxylation is 1. The van der Waals surface area contributed by atoms with E-state index >= 15 is 0 Å². The Morgan fingerprint density at radius 2 is 1.29 bits per heavy atom. The number of halogens is 1. The molecule has 186 valence electrons. The normalized spacial score (nSPS) is 22.6. The number of hydrogen-bond acceptors (Lipinski definition) is 3. The van der Waals surface area contributed by atoms with E-state index in [2.05, 4.69) is 29.6 Å². The molecule has 4 aliphatic rings. The molecule has 1 N–H and O–H groups in total. The van der Waals surface area contributed by atoms with Crippen LogP contribution in [0.2, 0.25) is 5.02 Å². The molecule has 4 aromatic carbocycles. The Bertz CT molecular complexity index is 1560. The van der Waals surface area contributed by atoms with Crippen molar-refractivity contribution in [3.63, 3.8) is 0 Å². The first-order valence-electron chi connectivity index (χ1n) is 12.7. The minimum Gasteiger partial charge on any atom is -0.322 e. The van der Waals surface area contributed by atoms with Gasteiger partial charge in [-0.05, 0) is 65.1 Å². The topological polar surface area (TPSA) is 66.5 Å². The van der Waals surface area contributed by atoms with Crippen LogP contribution in [-0.4, -0.2) is 17.7 Å². The molecule has 8 rings (SSSR count). The Hall–Kier alpha value is -4.22. The number of carbonyl (C=O) groups excluding carboxylic acids is 3. The van der Waals surface area contributed by atoms with Gasteiger partial charge in [0, 0.05) is 28.1 Å². The van der Waals surface area contributed by atoms with Crippen LogP contribution in [0.25, 0.3) is 0 Å². The summed E-state index contributed by atoms with van der Waals surface area (Å²) < 4.78 is 0. The van der Waals surface area contributed by atoms with E-state index in [9.17, 15) is 14.4 Å². The van der Waals surface area contributed by atoms with Gasteiger partial charge in [0.1, 0.15) is 0 Å². The quantitative estimate of drug-likeness (QED) is 0.324. The minimum atomic E-state index is -0.469. The van der Waals surface area contributed by atoms with Gasteiger partial charge < -0.3 is 5.32 Å². The number of nitrogens with one attached hydrogen (secondary N) is 1. The zero-order chi connectivity index (χ0) is 26.1. The van der Waals surface area contributed by atoms with Crippen molar-refractivity contribution in [3.05, 3.63) is 129 Å². The molecule has 2 atom stereocenters. The lowest BCUT2D eigenvalue weighted by molar-refractivity contribution is -0.122. The molecular weight excluding hydrogens is 496 g/mol. The smallest absolute Gasteiger partial charge is 0.255 e. The fraction of sp³-hybridized carbons (Fsp3) is 0.156. The van der Waals surface area contributed by atoms with Crippen molar-refractivity contribution >= 4 is 40.7 Å². The number of carbonyl (C=O) groups is 3. The molecule has 0 saturated carbocycles. The Morgan fingerprint density at radius 1 is 0.737 bits per heavy atom. The summed E-state index contributed by atoms with van der Waals surface area (Å²) in [5.41, 5.74) is 6.78. The third-order valence-electron chi connectivity index (χ3n) is 8.26. The second-order valence-corrected chi connectivity index (χ2v) is 10.7. The minimum absolute atomic E-state index is 0.170. The number of imide groups is 1. The summed E-state index contributed by atoms with van der Waals surface area (Å²) in [5.74, 6) is -2.03. The van der Waals surface area contributed by atoms with E-state index in [-0.39, 0.29) is 29.6 Å². The van der Waals surface area contributed by atoms with Gasteiger partial charge in [0.15, 0.2) is 0 Å². The molecule has 2 bridgehead atoms. The van der Waals surface area contributed by atoms with E-state index < -0.39 is 11.8 Å². The fourth-order valence-corrected chi connectivity index (χ4v) is 6.81. The molecule has 4 aromatic rings. The average Bonchev–Trinajstić information content (AvgIpc) is 3.21. The monoisotopic (exact) mass is 518 g/mol. The first-order valence-corrected chi connectivity index (χ1v) is 13.0. The number of amides is 3. The van der Waals surface area contributed by atoms with E-state index in [1.54, 1.807) is 36.4 Å². The molecule has 3 aliphatic carbocycles. The molecule has 6 heteroatoms. The van der Waals surface area contributed by atoms with Gasteiger partial charge in [-0.1, -0.05) is 72.3 Å². The van der Waals surface area contributed by atoms with Gasteiger partial charge in [-0.2, -0.15) is 0 Å². The number of rotatable bonds is 3. The second kappa shape index (κ2) is 8.40. The predicted octanol–water partition coefficient (Wildman–Crippen LogP) is 6.30. The number of benzene rings is 4. The maximum Gasteiger partial charge on any atom is 0.255 e. The molecule has 3 amide bonds. The summed E-state index contributed by atoms with van der Waals surface area (Å²) in [6, 6.07) is 28.4. The van der Waals surface area contributed by atoms with Gasteiger partial charge >= 0.3 is 0 Å².